The van der Waals surface area contributed by atoms with E-state index in [4.69, 9.17) is 0 Å². The monoisotopic (exact) mass is 337 g/mol. The van der Waals surface area contributed by atoms with Crippen LogP contribution in [-0.4, -0.2) is 28.0 Å². The Labute approximate surface area is 145 Å². The van der Waals surface area contributed by atoms with Crippen molar-refractivity contribution in [3.63, 3.8) is 0 Å². The van der Waals surface area contributed by atoms with E-state index in [0.29, 0.717) is 5.39 Å². The predicted octanol–water partition coefficient (Wildman–Crippen LogP) is 4.13. The quantitative estimate of drug-likeness (QED) is 0.538. The van der Waals surface area contributed by atoms with Crippen molar-refractivity contribution in [1.82, 2.24) is 9.97 Å². The third-order valence-electron chi connectivity index (χ3n) is 4.11. The molecule has 2 aromatic heterocycles. The Morgan fingerprint density at radius 1 is 1.08 bits per heavy atom. The maximum absolute atomic E-state index is 11.2. The van der Waals surface area contributed by atoms with Gasteiger partial charge >= 0.3 is 0 Å². The number of nitro benzene ring substituents is 1. The molecule has 128 valence electrons. The van der Waals surface area contributed by atoms with Crippen LogP contribution in [0.5, 0.6) is 0 Å². The standard InChI is InChI=1S/C18H19N5O2/c1-3-22(4-2)18-8-5-13(11-20-18)21-16-6-7-17(23(24)25)15-12-19-10-9-14(15)16/h5-12,21H,3-4H2,1-2H3. The average molecular weight is 337 g/mol. The second kappa shape index (κ2) is 7.12. The fraction of sp³-hybridized carbons (Fsp3) is 0.222. The molecule has 0 amide bonds. The lowest BCUT2D eigenvalue weighted by Gasteiger charge is -2.19. The Bertz CT molecular complexity index is 892. The molecule has 3 aromatic rings. The summed E-state index contributed by atoms with van der Waals surface area (Å²) in [5.74, 6) is 0.924. The molecule has 0 aliphatic heterocycles. The van der Waals surface area contributed by atoms with E-state index in [-0.39, 0.29) is 5.69 Å². The first-order valence-electron chi connectivity index (χ1n) is 8.13. The van der Waals surface area contributed by atoms with E-state index in [1.165, 1.54) is 12.3 Å². The minimum absolute atomic E-state index is 0.0451. The summed E-state index contributed by atoms with van der Waals surface area (Å²) in [7, 11) is 0. The molecule has 0 atom stereocenters. The Balaban J connectivity index is 1.93. The highest BCUT2D eigenvalue weighted by Crippen LogP contribution is 2.32. The number of non-ortho nitro benzene ring substituents is 1. The minimum Gasteiger partial charge on any atom is -0.357 e. The first kappa shape index (κ1) is 16.6. The van der Waals surface area contributed by atoms with Gasteiger partial charge < -0.3 is 10.2 Å². The van der Waals surface area contributed by atoms with Crippen molar-refractivity contribution < 1.29 is 4.92 Å². The summed E-state index contributed by atoms with van der Waals surface area (Å²) in [5.41, 5.74) is 1.65. The van der Waals surface area contributed by atoms with E-state index in [2.05, 4.69) is 34.0 Å². The van der Waals surface area contributed by atoms with E-state index in [9.17, 15) is 10.1 Å². The van der Waals surface area contributed by atoms with Crippen LogP contribution in [0.15, 0.2) is 48.9 Å². The second-order valence-corrected chi connectivity index (χ2v) is 5.51. The fourth-order valence-electron chi connectivity index (χ4n) is 2.79. The first-order valence-corrected chi connectivity index (χ1v) is 8.13. The van der Waals surface area contributed by atoms with Crippen molar-refractivity contribution in [1.29, 1.82) is 0 Å². The molecule has 0 saturated carbocycles. The topological polar surface area (TPSA) is 84.2 Å². The van der Waals surface area contributed by atoms with Crippen LogP contribution in [-0.2, 0) is 0 Å². The third kappa shape index (κ3) is 3.35. The number of anilines is 3. The van der Waals surface area contributed by atoms with E-state index in [1.807, 2.05) is 12.1 Å². The molecule has 2 heterocycles. The number of pyridine rings is 2. The lowest BCUT2D eigenvalue weighted by molar-refractivity contribution is -0.383. The van der Waals surface area contributed by atoms with Crippen molar-refractivity contribution in [2.45, 2.75) is 13.8 Å². The Hall–Kier alpha value is -3.22. The van der Waals surface area contributed by atoms with Crippen LogP contribution in [0.2, 0.25) is 0 Å². The molecular weight excluding hydrogens is 318 g/mol. The molecule has 0 bridgehead atoms. The van der Waals surface area contributed by atoms with Crippen molar-refractivity contribution in [2.75, 3.05) is 23.3 Å². The molecular formula is C18H19N5O2. The number of aromatic nitrogens is 2. The van der Waals surface area contributed by atoms with Gasteiger partial charge in [0.1, 0.15) is 5.82 Å². The van der Waals surface area contributed by atoms with Crippen molar-refractivity contribution in [3.05, 3.63) is 59.0 Å². The van der Waals surface area contributed by atoms with E-state index >= 15 is 0 Å². The summed E-state index contributed by atoms with van der Waals surface area (Å²) in [6.07, 6.45) is 4.90. The molecule has 0 saturated heterocycles. The number of nitrogens with zero attached hydrogens (tertiary/aromatic N) is 4. The molecule has 0 aliphatic rings. The van der Waals surface area contributed by atoms with Crippen LogP contribution >= 0.6 is 0 Å². The van der Waals surface area contributed by atoms with Gasteiger partial charge in [-0.3, -0.25) is 15.1 Å². The van der Waals surface area contributed by atoms with Gasteiger partial charge in [-0.2, -0.15) is 0 Å². The van der Waals surface area contributed by atoms with Crippen molar-refractivity contribution in [2.24, 2.45) is 0 Å². The molecule has 3 rings (SSSR count). The number of hydrogen-bond acceptors (Lipinski definition) is 6. The Morgan fingerprint density at radius 3 is 2.52 bits per heavy atom. The van der Waals surface area contributed by atoms with Gasteiger partial charge in [0.05, 0.1) is 22.2 Å². The molecule has 0 radical (unpaired) electrons. The number of benzene rings is 1. The summed E-state index contributed by atoms with van der Waals surface area (Å²) in [6.45, 7) is 5.98. The molecule has 7 heteroatoms. The van der Waals surface area contributed by atoms with Gasteiger partial charge in [-0.1, -0.05) is 0 Å². The summed E-state index contributed by atoms with van der Waals surface area (Å²) in [4.78, 5) is 21.4. The Kier molecular flexibility index (Phi) is 4.74. The highest BCUT2D eigenvalue weighted by atomic mass is 16.6. The van der Waals surface area contributed by atoms with Crippen molar-refractivity contribution in [3.8, 4) is 0 Å². The summed E-state index contributed by atoms with van der Waals surface area (Å²) < 4.78 is 0. The SMILES string of the molecule is CCN(CC)c1ccc(Nc2ccc([N+](=O)[O-])c3cnccc23)cn1. The largest absolute Gasteiger partial charge is 0.357 e. The van der Waals surface area contributed by atoms with Crippen molar-refractivity contribution >= 4 is 33.7 Å². The predicted molar refractivity (Wildman–Crippen MR) is 99.5 cm³/mol. The zero-order valence-corrected chi connectivity index (χ0v) is 14.1. The molecule has 0 spiro atoms. The van der Waals surface area contributed by atoms with Crippen LogP contribution in [0, 0.1) is 10.1 Å². The molecule has 0 aliphatic carbocycles. The highest BCUT2D eigenvalue weighted by Gasteiger charge is 2.14. The lowest BCUT2D eigenvalue weighted by atomic mass is 10.1. The first-order chi connectivity index (χ1) is 12.1. The van der Waals surface area contributed by atoms with E-state index < -0.39 is 4.92 Å². The molecule has 0 fully saturated rings. The smallest absolute Gasteiger partial charge is 0.278 e. The molecule has 0 unspecified atom stereocenters. The van der Waals surface area contributed by atoms with Crippen LogP contribution in [0.25, 0.3) is 10.8 Å². The van der Waals surface area contributed by atoms with Crippen LogP contribution in [0.3, 0.4) is 0 Å². The molecule has 1 N–H and O–H groups in total. The highest BCUT2D eigenvalue weighted by molar-refractivity contribution is 6.00. The number of nitro groups is 1. The number of nitrogens with one attached hydrogen (secondary N) is 1. The molecule has 25 heavy (non-hydrogen) atoms. The van der Waals surface area contributed by atoms with Gasteiger partial charge in [-0.05, 0) is 38.1 Å². The van der Waals surface area contributed by atoms with Crippen LogP contribution in [0.4, 0.5) is 22.9 Å². The summed E-state index contributed by atoms with van der Waals surface area (Å²) in [5, 5.41) is 15.7. The molecule has 7 nitrogen and oxygen atoms in total. The fourth-order valence-corrected chi connectivity index (χ4v) is 2.79. The number of hydrogen-bond donors (Lipinski definition) is 1. The van der Waals surface area contributed by atoms with E-state index in [0.717, 1.165) is 35.7 Å². The van der Waals surface area contributed by atoms with Gasteiger partial charge in [0.25, 0.3) is 5.69 Å². The zero-order chi connectivity index (χ0) is 17.8. The summed E-state index contributed by atoms with van der Waals surface area (Å²) >= 11 is 0. The maximum Gasteiger partial charge on any atom is 0.278 e. The Morgan fingerprint density at radius 2 is 1.88 bits per heavy atom. The number of fused-ring (bicyclic) bond motifs is 1. The van der Waals surface area contributed by atoms with Gasteiger partial charge in [-0.15, -0.1) is 0 Å². The normalized spacial score (nSPS) is 10.6. The second-order valence-electron chi connectivity index (χ2n) is 5.51. The third-order valence-corrected chi connectivity index (χ3v) is 4.11. The van der Waals surface area contributed by atoms with Gasteiger partial charge in [0, 0.05) is 42.6 Å². The maximum atomic E-state index is 11.2. The van der Waals surface area contributed by atoms with Crippen LogP contribution < -0.4 is 10.2 Å². The van der Waals surface area contributed by atoms with Crippen LogP contribution in [0.1, 0.15) is 13.8 Å². The number of rotatable bonds is 6. The van der Waals surface area contributed by atoms with Gasteiger partial charge in [-0.25, -0.2) is 4.98 Å². The molecule has 1 aromatic carbocycles. The van der Waals surface area contributed by atoms with Gasteiger partial charge in [0.15, 0.2) is 0 Å². The minimum atomic E-state index is -0.395. The summed E-state index contributed by atoms with van der Waals surface area (Å²) in [6, 6.07) is 8.88. The van der Waals surface area contributed by atoms with E-state index in [1.54, 1.807) is 24.5 Å². The average Bonchev–Trinajstić information content (AvgIpc) is 2.64. The van der Waals surface area contributed by atoms with Gasteiger partial charge in [0.2, 0.25) is 0 Å². The zero-order valence-electron chi connectivity index (χ0n) is 14.1. The lowest BCUT2D eigenvalue weighted by Crippen LogP contribution is -2.22.